The van der Waals surface area contributed by atoms with Gasteiger partial charge in [-0.1, -0.05) is 12.1 Å². The first-order chi connectivity index (χ1) is 13.5. The number of aromatic nitrogens is 3. The minimum atomic E-state index is 0.425. The third-order valence-electron chi connectivity index (χ3n) is 4.49. The van der Waals surface area contributed by atoms with Crippen LogP contribution in [0, 0.1) is 31.2 Å². The van der Waals surface area contributed by atoms with Crippen molar-refractivity contribution in [1.82, 2.24) is 14.5 Å². The first-order valence-corrected chi connectivity index (χ1v) is 8.81. The lowest BCUT2D eigenvalue weighted by Gasteiger charge is -2.13. The van der Waals surface area contributed by atoms with Crippen LogP contribution in [0.3, 0.4) is 0 Å². The number of nitriles is 1. The highest BCUT2D eigenvalue weighted by molar-refractivity contribution is 5.82. The van der Waals surface area contributed by atoms with Gasteiger partial charge >= 0.3 is 0 Å². The Morgan fingerprint density at radius 2 is 1.89 bits per heavy atom. The van der Waals surface area contributed by atoms with E-state index in [4.69, 9.17) is 10.00 Å². The summed E-state index contributed by atoms with van der Waals surface area (Å²) in [7, 11) is 1.93. The maximum Gasteiger partial charge on any atom is 0.249 e. The molecule has 1 radical (unpaired) electrons. The number of rotatable bonds is 4. The summed E-state index contributed by atoms with van der Waals surface area (Å²) in [6, 6.07) is 18.2. The average molecular weight is 368 g/mol. The molecule has 0 aliphatic rings. The number of ether oxygens (including phenoxy) is 1. The van der Waals surface area contributed by atoms with Crippen LogP contribution >= 0.6 is 0 Å². The van der Waals surface area contributed by atoms with Gasteiger partial charge in [0.15, 0.2) is 0 Å². The van der Waals surface area contributed by atoms with Gasteiger partial charge in [-0.05, 0) is 61.4 Å². The molecular weight excluding hydrogens is 350 g/mol. The summed E-state index contributed by atoms with van der Waals surface area (Å²) in [6.45, 7) is 3.96. The van der Waals surface area contributed by atoms with E-state index < -0.39 is 0 Å². The van der Waals surface area contributed by atoms with Crippen molar-refractivity contribution in [3.63, 3.8) is 0 Å². The van der Waals surface area contributed by atoms with Crippen molar-refractivity contribution in [2.75, 3.05) is 5.32 Å². The first-order valence-electron chi connectivity index (χ1n) is 8.81. The normalized spacial score (nSPS) is 10.6. The van der Waals surface area contributed by atoms with Gasteiger partial charge in [0.25, 0.3) is 0 Å². The van der Waals surface area contributed by atoms with E-state index in [0.29, 0.717) is 17.4 Å². The van der Waals surface area contributed by atoms with Crippen LogP contribution in [-0.2, 0) is 7.05 Å². The average Bonchev–Trinajstić information content (AvgIpc) is 3.06. The molecule has 2 aromatic carbocycles. The molecule has 6 heteroatoms. The van der Waals surface area contributed by atoms with Crippen molar-refractivity contribution in [2.45, 2.75) is 13.8 Å². The van der Waals surface area contributed by atoms with Gasteiger partial charge in [-0.3, -0.25) is 0 Å². The van der Waals surface area contributed by atoms with Gasteiger partial charge in [0.05, 0.1) is 17.1 Å². The fourth-order valence-electron chi connectivity index (χ4n) is 3.02. The highest BCUT2D eigenvalue weighted by Crippen LogP contribution is 2.33. The molecule has 2 heterocycles. The molecule has 0 spiro atoms. The lowest BCUT2D eigenvalue weighted by molar-refractivity contribution is 0.459. The van der Waals surface area contributed by atoms with E-state index in [0.717, 1.165) is 33.6 Å². The van der Waals surface area contributed by atoms with Crippen LogP contribution in [0.25, 0.3) is 11.0 Å². The largest absolute Gasteiger partial charge is 0.436 e. The second kappa shape index (κ2) is 7.05. The zero-order chi connectivity index (χ0) is 19.7. The molecule has 0 bridgehead atoms. The van der Waals surface area contributed by atoms with Gasteiger partial charge < -0.3 is 14.6 Å². The summed E-state index contributed by atoms with van der Waals surface area (Å²) >= 11 is 0. The zero-order valence-electron chi connectivity index (χ0n) is 15.8. The molecule has 4 rings (SSSR count). The molecule has 6 nitrogen and oxygen atoms in total. The number of anilines is 2. The van der Waals surface area contributed by atoms with Crippen LogP contribution in [-0.4, -0.2) is 14.5 Å². The third kappa shape index (κ3) is 3.26. The second-order valence-corrected chi connectivity index (χ2v) is 6.54. The molecule has 0 fully saturated rings. The molecule has 137 valence electrons. The van der Waals surface area contributed by atoms with Crippen molar-refractivity contribution in [2.24, 2.45) is 7.05 Å². The van der Waals surface area contributed by atoms with Gasteiger partial charge in [-0.2, -0.15) is 10.2 Å². The number of nitrogens with zero attached hydrogens (tertiary/aromatic N) is 4. The molecular formula is C22H18N5O. The first kappa shape index (κ1) is 17.6. The third-order valence-corrected chi connectivity index (χ3v) is 4.49. The summed E-state index contributed by atoms with van der Waals surface area (Å²) in [6.07, 6.45) is 1.93. The summed E-state index contributed by atoms with van der Waals surface area (Å²) in [5.74, 6) is 1.64. The van der Waals surface area contributed by atoms with E-state index in [1.54, 1.807) is 12.1 Å². The molecule has 0 amide bonds. The topological polar surface area (TPSA) is 75.8 Å². The number of fused-ring (bicyclic) bond motifs is 1. The van der Waals surface area contributed by atoms with E-state index in [2.05, 4.69) is 27.4 Å². The number of benzene rings is 2. The van der Waals surface area contributed by atoms with E-state index >= 15 is 0 Å². The van der Waals surface area contributed by atoms with Gasteiger partial charge in [-0.15, -0.1) is 0 Å². The quantitative estimate of drug-likeness (QED) is 0.560. The maximum atomic E-state index is 8.94. The number of hydrogen-bond donors (Lipinski definition) is 1. The molecule has 0 saturated carbocycles. The standard InChI is InChI=1S/C22H18N5O/c1-14-5-4-6-15(2)20(14)28-21-19-18(11-12-27(19)3)25-22(26-21)24-17-9-7-16(13-23)8-10-17/h4-5,7-12H,1-3H3,(H,24,25,26). The fraction of sp³-hybridized carbons (Fsp3) is 0.136. The molecule has 0 unspecified atom stereocenters. The Morgan fingerprint density at radius 1 is 1.11 bits per heavy atom. The van der Waals surface area contributed by atoms with Gasteiger partial charge in [-0.25, -0.2) is 4.98 Å². The smallest absolute Gasteiger partial charge is 0.249 e. The summed E-state index contributed by atoms with van der Waals surface area (Å²) in [4.78, 5) is 9.19. The van der Waals surface area contributed by atoms with Crippen molar-refractivity contribution in [1.29, 1.82) is 5.26 Å². The highest BCUT2D eigenvalue weighted by atomic mass is 16.5. The van der Waals surface area contributed by atoms with E-state index in [1.807, 2.05) is 62.0 Å². The van der Waals surface area contributed by atoms with Gasteiger partial charge in [0, 0.05) is 18.9 Å². The summed E-state index contributed by atoms with van der Waals surface area (Å²) in [5.41, 5.74) is 4.91. The number of nitrogens with one attached hydrogen (secondary N) is 1. The Hall–Kier alpha value is -3.85. The van der Waals surface area contributed by atoms with Crippen molar-refractivity contribution < 1.29 is 4.74 Å². The van der Waals surface area contributed by atoms with Crippen LogP contribution in [0.1, 0.15) is 16.7 Å². The predicted octanol–water partition coefficient (Wildman–Crippen LogP) is 4.79. The Bertz CT molecular complexity index is 1180. The van der Waals surface area contributed by atoms with E-state index in [9.17, 15) is 0 Å². The maximum absolute atomic E-state index is 8.94. The Balaban J connectivity index is 1.76. The van der Waals surface area contributed by atoms with E-state index in [-0.39, 0.29) is 0 Å². The fourth-order valence-corrected chi connectivity index (χ4v) is 3.02. The molecule has 2 aromatic heterocycles. The van der Waals surface area contributed by atoms with Crippen LogP contribution < -0.4 is 10.1 Å². The Morgan fingerprint density at radius 3 is 2.61 bits per heavy atom. The number of hydrogen-bond acceptors (Lipinski definition) is 5. The lowest BCUT2D eigenvalue weighted by atomic mass is 10.1. The molecule has 28 heavy (non-hydrogen) atoms. The van der Waals surface area contributed by atoms with Crippen LogP contribution in [0.5, 0.6) is 11.6 Å². The van der Waals surface area contributed by atoms with Crippen molar-refractivity contribution in [3.05, 3.63) is 71.4 Å². The van der Waals surface area contributed by atoms with Crippen LogP contribution in [0.2, 0.25) is 0 Å². The van der Waals surface area contributed by atoms with Gasteiger partial charge in [0.2, 0.25) is 11.8 Å². The molecule has 0 atom stereocenters. The number of aryl methyl sites for hydroxylation is 3. The lowest BCUT2D eigenvalue weighted by Crippen LogP contribution is -2.02. The summed E-state index contributed by atoms with van der Waals surface area (Å²) in [5, 5.41) is 12.1. The molecule has 0 aliphatic heterocycles. The van der Waals surface area contributed by atoms with Gasteiger partial charge in [0.1, 0.15) is 11.3 Å². The minimum Gasteiger partial charge on any atom is -0.436 e. The molecule has 0 aliphatic carbocycles. The summed E-state index contributed by atoms with van der Waals surface area (Å²) < 4.78 is 8.16. The van der Waals surface area contributed by atoms with E-state index in [1.165, 1.54) is 0 Å². The highest BCUT2D eigenvalue weighted by Gasteiger charge is 2.15. The SMILES string of the molecule is Cc1[c]ccc(C)c1Oc1nc(Nc2ccc(C#N)cc2)nc2ccn(C)c12. The predicted molar refractivity (Wildman–Crippen MR) is 108 cm³/mol. The van der Waals surface area contributed by atoms with Crippen molar-refractivity contribution in [3.8, 4) is 17.7 Å². The molecule has 0 saturated heterocycles. The zero-order valence-corrected chi connectivity index (χ0v) is 15.8. The van der Waals surface area contributed by atoms with Crippen molar-refractivity contribution >= 4 is 22.7 Å². The monoisotopic (exact) mass is 368 g/mol. The molecule has 1 N–H and O–H groups in total. The molecule has 4 aromatic rings. The van der Waals surface area contributed by atoms with Crippen LogP contribution in [0.15, 0.2) is 48.7 Å². The van der Waals surface area contributed by atoms with Crippen LogP contribution in [0.4, 0.5) is 11.6 Å². The second-order valence-electron chi connectivity index (χ2n) is 6.54. The minimum absolute atomic E-state index is 0.425. The Labute approximate surface area is 163 Å². The Kier molecular flexibility index (Phi) is 4.42.